The number of alkyl halides is 3. The zero-order valence-corrected chi connectivity index (χ0v) is 14.0. The molecule has 0 bridgehead atoms. The van der Waals surface area contributed by atoms with Gasteiger partial charge in [-0.1, -0.05) is 24.9 Å². The topological polar surface area (TPSA) is 36.1 Å². The predicted octanol–water partition coefficient (Wildman–Crippen LogP) is 4.44. The standard InChI is InChI=1S/C17H16ClF3N2O/c1-3-4-10-9(2)23(8-17(19,20)21)13-6-5-12-16(15(10)13)11(18)7-14(24)22-12/h7,9-10H,3-4,8H2,1-2H3,(H,22,24). The third kappa shape index (κ3) is 2.82. The van der Waals surface area contributed by atoms with E-state index in [-0.39, 0.29) is 22.5 Å². The Balaban J connectivity index is 2.25. The first kappa shape index (κ1) is 17.0. The van der Waals surface area contributed by atoms with E-state index in [0.29, 0.717) is 16.6 Å². The summed E-state index contributed by atoms with van der Waals surface area (Å²) >= 11 is 6.25. The highest BCUT2D eigenvalue weighted by atomic mass is 35.5. The van der Waals surface area contributed by atoms with Gasteiger partial charge in [0.15, 0.2) is 0 Å². The van der Waals surface area contributed by atoms with Gasteiger partial charge in [0, 0.05) is 29.0 Å². The molecule has 1 N–H and O–H groups in total. The number of nitrogens with one attached hydrogen (secondary N) is 1. The van der Waals surface area contributed by atoms with Crippen LogP contribution in [0.2, 0.25) is 5.02 Å². The number of halogens is 4. The molecule has 24 heavy (non-hydrogen) atoms. The van der Waals surface area contributed by atoms with E-state index in [0.717, 1.165) is 18.4 Å². The van der Waals surface area contributed by atoms with Gasteiger partial charge in [-0.2, -0.15) is 13.2 Å². The Morgan fingerprint density at radius 3 is 2.71 bits per heavy atom. The minimum absolute atomic E-state index is 0.107. The molecule has 7 heteroatoms. The Labute approximate surface area is 142 Å². The number of rotatable bonds is 3. The molecule has 0 saturated heterocycles. The second-order valence-corrected chi connectivity index (χ2v) is 6.53. The molecule has 0 fully saturated rings. The molecule has 2 aromatic rings. The first-order valence-corrected chi connectivity index (χ1v) is 8.13. The molecular weight excluding hydrogens is 341 g/mol. The van der Waals surface area contributed by atoms with Crippen LogP contribution in [0.4, 0.5) is 18.9 Å². The highest BCUT2D eigenvalue weighted by Crippen LogP contribution is 2.47. The van der Waals surface area contributed by atoms with Crippen molar-refractivity contribution in [2.45, 2.75) is 44.8 Å². The monoisotopic (exact) mass is 356 g/mol. The number of aromatic amines is 1. The quantitative estimate of drug-likeness (QED) is 0.882. The normalized spacial score (nSPS) is 20.3. The molecule has 0 spiro atoms. The van der Waals surface area contributed by atoms with Crippen molar-refractivity contribution >= 4 is 28.2 Å². The van der Waals surface area contributed by atoms with Gasteiger partial charge in [0.05, 0.1) is 10.7 Å². The third-order valence-corrected chi connectivity index (χ3v) is 4.80. The summed E-state index contributed by atoms with van der Waals surface area (Å²) in [4.78, 5) is 15.5. The Bertz CT molecular complexity index is 831. The second-order valence-electron chi connectivity index (χ2n) is 6.12. The zero-order chi connectivity index (χ0) is 17.6. The number of anilines is 1. The largest absolute Gasteiger partial charge is 0.405 e. The Morgan fingerprint density at radius 2 is 2.08 bits per heavy atom. The van der Waals surface area contributed by atoms with E-state index in [1.807, 2.05) is 6.92 Å². The summed E-state index contributed by atoms with van der Waals surface area (Å²) in [5.74, 6) is -0.107. The van der Waals surface area contributed by atoms with Gasteiger partial charge >= 0.3 is 6.18 Å². The van der Waals surface area contributed by atoms with Crippen LogP contribution in [0.5, 0.6) is 0 Å². The first-order chi connectivity index (χ1) is 11.2. The highest BCUT2D eigenvalue weighted by Gasteiger charge is 2.42. The molecule has 3 nitrogen and oxygen atoms in total. The fourth-order valence-electron chi connectivity index (χ4n) is 3.56. The van der Waals surface area contributed by atoms with Gasteiger partial charge < -0.3 is 9.88 Å². The molecule has 0 amide bonds. The second kappa shape index (κ2) is 5.89. The lowest BCUT2D eigenvalue weighted by Gasteiger charge is -2.27. The van der Waals surface area contributed by atoms with Crippen molar-refractivity contribution in [3.05, 3.63) is 39.1 Å². The summed E-state index contributed by atoms with van der Waals surface area (Å²) in [6.07, 6.45) is -2.76. The minimum Gasteiger partial charge on any atom is -0.352 e. The molecule has 2 heterocycles. The van der Waals surface area contributed by atoms with E-state index in [2.05, 4.69) is 17.1 Å². The van der Waals surface area contributed by atoms with Gasteiger partial charge in [0.1, 0.15) is 12.1 Å². The Hall–Kier alpha value is -1.87. The molecule has 0 saturated carbocycles. The lowest BCUT2D eigenvalue weighted by atomic mass is 9.89. The number of pyridine rings is 1. The van der Waals surface area contributed by atoms with E-state index in [1.54, 1.807) is 6.92 Å². The fourth-order valence-corrected chi connectivity index (χ4v) is 3.85. The fraction of sp³-hybridized carbons (Fsp3) is 0.471. The van der Waals surface area contributed by atoms with E-state index >= 15 is 0 Å². The molecule has 3 rings (SSSR count). The zero-order valence-electron chi connectivity index (χ0n) is 13.2. The number of aromatic nitrogens is 1. The molecule has 2 unspecified atom stereocenters. The van der Waals surface area contributed by atoms with Crippen LogP contribution in [0.25, 0.3) is 10.9 Å². The van der Waals surface area contributed by atoms with Crippen molar-refractivity contribution in [3.8, 4) is 0 Å². The van der Waals surface area contributed by atoms with Gasteiger partial charge in [-0.05, 0) is 25.5 Å². The smallest absolute Gasteiger partial charge is 0.352 e. The molecule has 1 aliphatic heterocycles. The summed E-state index contributed by atoms with van der Waals surface area (Å²) < 4.78 is 39.0. The Kier molecular flexibility index (Phi) is 4.16. The van der Waals surface area contributed by atoms with Gasteiger partial charge in [-0.25, -0.2) is 0 Å². The highest BCUT2D eigenvalue weighted by molar-refractivity contribution is 6.35. The summed E-state index contributed by atoms with van der Waals surface area (Å²) in [5, 5.41) is 0.803. The molecular formula is C17H16ClF3N2O. The molecule has 1 aromatic carbocycles. The van der Waals surface area contributed by atoms with Crippen LogP contribution in [0.3, 0.4) is 0 Å². The van der Waals surface area contributed by atoms with Crippen molar-refractivity contribution in [3.63, 3.8) is 0 Å². The van der Waals surface area contributed by atoms with E-state index in [1.165, 1.54) is 11.0 Å². The van der Waals surface area contributed by atoms with Crippen LogP contribution >= 0.6 is 11.6 Å². The van der Waals surface area contributed by atoms with Crippen molar-refractivity contribution in [1.82, 2.24) is 4.98 Å². The van der Waals surface area contributed by atoms with Crippen molar-refractivity contribution in [2.24, 2.45) is 0 Å². The lowest BCUT2D eigenvalue weighted by Crippen LogP contribution is -2.39. The summed E-state index contributed by atoms with van der Waals surface area (Å²) in [6, 6.07) is 6.48. The molecule has 1 aliphatic rings. The summed E-state index contributed by atoms with van der Waals surface area (Å²) in [6.45, 7) is 2.73. The average molecular weight is 357 g/mol. The van der Waals surface area contributed by atoms with Gasteiger partial charge in [-0.3, -0.25) is 4.79 Å². The molecule has 2 atom stereocenters. The van der Waals surface area contributed by atoms with E-state index in [9.17, 15) is 18.0 Å². The minimum atomic E-state index is -4.32. The number of nitrogens with zero attached hydrogens (tertiary/aromatic N) is 1. The Morgan fingerprint density at radius 1 is 1.38 bits per heavy atom. The summed E-state index contributed by atoms with van der Waals surface area (Å²) in [7, 11) is 0. The number of hydrogen-bond donors (Lipinski definition) is 1. The van der Waals surface area contributed by atoms with Crippen molar-refractivity contribution in [1.29, 1.82) is 0 Å². The maximum atomic E-state index is 13.0. The van der Waals surface area contributed by atoms with Crippen LogP contribution in [-0.4, -0.2) is 23.7 Å². The van der Waals surface area contributed by atoms with Crippen LogP contribution in [0, 0.1) is 12.1 Å². The van der Waals surface area contributed by atoms with Crippen LogP contribution < -0.4 is 10.5 Å². The van der Waals surface area contributed by atoms with Crippen molar-refractivity contribution < 1.29 is 13.2 Å². The maximum absolute atomic E-state index is 13.0. The maximum Gasteiger partial charge on any atom is 0.405 e. The van der Waals surface area contributed by atoms with Gasteiger partial charge in [0.2, 0.25) is 5.56 Å². The predicted molar refractivity (Wildman–Crippen MR) is 87.8 cm³/mol. The molecule has 0 radical (unpaired) electrons. The van der Waals surface area contributed by atoms with Gasteiger partial charge in [-0.15, -0.1) is 0 Å². The number of H-pyrrole nitrogens is 1. The third-order valence-electron chi connectivity index (χ3n) is 4.51. The number of hydrogen-bond acceptors (Lipinski definition) is 2. The van der Waals surface area contributed by atoms with E-state index < -0.39 is 12.7 Å². The van der Waals surface area contributed by atoms with Crippen LogP contribution in [-0.2, 0) is 0 Å². The molecule has 0 aliphatic carbocycles. The van der Waals surface area contributed by atoms with E-state index in [4.69, 9.17) is 11.6 Å². The molecule has 1 aromatic heterocycles. The SMILES string of the molecule is CCCC1c2c(c#cc3[nH]c(=O)cc(Cl)c23)N(CC(F)(F)F)C1C. The van der Waals surface area contributed by atoms with Crippen LogP contribution in [0.1, 0.15) is 38.2 Å². The average Bonchev–Trinajstić information content (AvgIpc) is 2.71. The first-order valence-electron chi connectivity index (χ1n) is 7.75. The summed E-state index contributed by atoms with van der Waals surface area (Å²) in [5.41, 5.74) is 1.11. The van der Waals surface area contributed by atoms with Gasteiger partial charge in [0.25, 0.3) is 0 Å². The van der Waals surface area contributed by atoms with Crippen LogP contribution in [0.15, 0.2) is 10.9 Å². The van der Waals surface area contributed by atoms with Crippen molar-refractivity contribution in [2.75, 3.05) is 11.4 Å². The number of fused-ring (bicyclic) bond motifs is 3. The molecule has 128 valence electrons. The lowest BCUT2D eigenvalue weighted by molar-refractivity contribution is -0.120.